The fraction of sp³-hybridized carbons (Fsp3) is 0.269. The second kappa shape index (κ2) is 11.6. The molecule has 0 bridgehead atoms. The summed E-state index contributed by atoms with van der Waals surface area (Å²) in [6, 6.07) is 17.5. The highest BCUT2D eigenvalue weighted by Gasteiger charge is 2.15. The highest BCUT2D eigenvalue weighted by Crippen LogP contribution is 2.18. The number of amides is 1. The van der Waals surface area contributed by atoms with E-state index in [1.165, 1.54) is 32.6 Å². The van der Waals surface area contributed by atoms with Gasteiger partial charge in [0.2, 0.25) is 5.91 Å². The van der Waals surface area contributed by atoms with Gasteiger partial charge in [0.15, 0.2) is 0 Å². The average Bonchev–Trinajstić information content (AvgIpc) is 3.38. The zero-order valence-corrected chi connectivity index (χ0v) is 20.4. The number of rotatable bonds is 11. The van der Waals surface area contributed by atoms with Crippen molar-refractivity contribution in [1.29, 1.82) is 0 Å². The van der Waals surface area contributed by atoms with Crippen LogP contribution in [-0.2, 0) is 24.4 Å². The first-order valence-electron chi connectivity index (χ1n) is 11.7. The number of benzene rings is 2. The first-order valence-corrected chi connectivity index (χ1v) is 12.6. The van der Waals surface area contributed by atoms with E-state index >= 15 is 0 Å². The van der Waals surface area contributed by atoms with Crippen molar-refractivity contribution in [3.8, 4) is 0 Å². The van der Waals surface area contributed by atoms with Crippen LogP contribution in [0.1, 0.15) is 36.8 Å². The normalized spacial score (nSPS) is 11.0. The number of fused-ring (bicyclic) bond motifs is 1. The van der Waals surface area contributed by atoms with E-state index in [-0.39, 0.29) is 30.2 Å². The maximum absolute atomic E-state index is 13.2. The van der Waals surface area contributed by atoms with E-state index in [1.807, 2.05) is 30.3 Å². The summed E-state index contributed by atoms with van der Waals surface area (Å²) in [5.74, 6) is -0.0321. The fourth-order valence-electron chi connectivity index (χ4n) is 4.05. The minimum absolute atomic E-state index is 0.0321. The zero-order chi connectivity index (χ0) is 25.5. The summed E-state index contributed by atoms with van der Waals surface area (Å²) < 4.78 is 3.19. The molecule has 0 saturated heterocycles. The summed E-state index contributed by atoms with van der Waals surface area (Å²) in [4.78, 5) is 49.0. The molecule has 0 spiro atoms. The number of thiophene rings is 1. The molecule has 0 unspecified atom stereocenters. The van der Waals surface area contributed by atoms with Crippen LogP contribution in [0.3, 0.4) is 0 Å². The minimum atomic E-state index is -0.477. The lowest BCUT2D eigenvalue weighted by molar-refractivity contribution is -0.384. The predicted molar refractivity (Wildman–Crippen MR) is 139 cm³/mol. The van der Waals surface area contributed by atoms with E-state index in [9.17, 15) is 24.5 Å². The largest absolute Gasteiger partial charge is 0.352 e. The number of aromatic nitrogens is 2. The lowest BCUT2D eigenvalue weighted by Gasteiger charge is -2.12. The fourth-order valence-corrected chi connectivity index (χ4v) is 4.89. The van der Waals surface area contributed by atoms with E-state index in [4.69, 9.17) is 0 Å². The van der Waals surface area contributed by atoms with Crippen molar-refractivity contribution in [2.75, 3.05) is 0 Å². The second-order valence-electron chi connectivity index (χ2n) is 8.46. The number of nitro groups is 1. The molecule has 0 aliphatic rings. The standard InChI is InChI=1S/C26H26N4O5S/c31-23(27-17-19-8-3-1-4-9-19)12-5-2-6-14-28-25(32)24-22(13-15-36-24)29(26(28)33)18-20-10-7-11-21(16-20)30(34)35/h1,3-4,7-11,13,15-16H,2,5-6,12,14,17-18H2,(H,27,31). The van der Waals surface area contributed by atoms with Crippen LogP contribution in [0.15, 0.2) is 75.6 Å². The van der Waals surface area contributed by atoms with E-state index in [2.05, 4.69) is 5.32 Å². The predicted octanol–water partition coefficient (Wildman–Crippen LogP) is 4.06. The number of nitro benzene ring substituents is 1. The topological polar surface area (TPSA) is 116 Å². The molecule has 1 N–H and O–H groups in total. The molecule has 0 fully saturated rings. The Morgan fingerprint density at radius 1 is 0.944 bits per heavy atom. The van der Waals surface area contributed by atoms with Gasteiger partial charge in [0.1, 0.15) is 4.70 Å². The van der Waals surface area contributed by atoms with Gasteiger partial charge in [-0.25, -0.2) is 4.79 Å². The quantitative estimate of drug-likeness (QED) is 0.187. The van der Waals surface area contributed by atoms with E-state index in [1.54, 1.807) is 23.6 Å². The zero-order valence-electron chi connectivity index (χ0n) is 19.6. The van der Waals surface area contributed by atoms with Gasteiger partial charge < -0.3 is 5.32 Å². The molecule has 2 heterocycles. The molecule has 9 nitrogen and oxygen atoms in total. The molecule has 4 aromatic rings. The Bertz CT molecular complexity index is 1490. The van der Waals surface area contributed by atoms with Gasteiger partial charge in [-0.3, -0.25) is 28.8 Å². The Labute approximate surface area is 210 Å². The van der Waals surface area contributed by atoms with Crippen molar-refractivity contribution in [2.24, 2.45) is 0 Å². The van der Waals surface area contributed by atoms with Crippen LogP contribution >= 0.6 is 11.3 Å². The summed E-state index contributed by atoms with van der Waals surface area (Å²) in [6.45, 7) is 0.849. The molecule has 1 amide bonds. The number of unbranched alkanes of at least 4 members (excludes halogenated alkanes) is 2. The first-order chi connectivity index (χ1) is 17.4. The van der Waals surface area contributed by atoms with Gasteiger partial charge in [-0.15, -0.1) is 11.3 Å². The molecular formula is C26H26N4O5S. The number of nitrogens with one attached hydrogen (secondary N) is 1. The Morgan fingerprint density at radius 2 is 1.72 bits per heavy atom. The molecule has 2 aromatic carbocycles. The Hall–Kier alpha value is -4.05. The number of carbonyl (C=O) groups excluding carboxylic acids is 1. The summed E-state index contributed by atoms with van der Waals surface area (Å²) in [5.41, 5.74) is 1.33. The second-order valence-corrected chi connectivity index (χ2v) is 9.38. The molecular weight excluding hydrogens is 480 g/mol. The van der Waals surface area contributed by atoms with Crippen molar-refractivity contribution in [2.45, 2.75) is 45.3 Å². The summed E-state index contributed by atoms with van der Waals surface area (Å²) in [5, 5.41) is 15.8. The molecule has 0 radical (unpaired) electrons. The van der Waals surface area contributed by atoms with Crippen molar-refractivity contribution >= 4 is 33.1 Å². The van der Waals surface area contributed by atoms with Gasteiger partial charge >= 0.3 is 5.69 Å². The third-order valence-electron chi connectivity index (χ3n) is 5.92. The van der Waals surface area contributed by atoms with Gasteiger partial charge in [-0.05, 0) is 35.4 Å². The number of hydrogen-bond donors (Lipinski definition) is 1. The van der Waals surface area contributed by atoms with Crippen molar-refractivity contribution < 1.29 is 9.72 Å². The van der Waals surface area contributed by atoms with Crippen LogP contribution in [0, 0.1) is 10.1 Å². The van der Waals surface area contributed by atoms with Gasteiger partial charge in [0.05, 0.1) is 17.0 Å². The monoisotopic (exact) mass is 506 g/mol. The van der Waals surface area contributed by atoms with Crippen LogP contribution in [0.25, 0.3) is 10.2 Å². The molecule has 186 valence electrons. The van der Waals surface area contributed by atoms with Crippen LogP contribution in [0.4, 0.5) is 5.69 Å². The molecule has 0 aliphatic heterocycles. The van der Waals surface area contributed by atoms with Crippen molar-refractivity contribution in [3.63, 3.8) is 0 Å². The smallest absolute Gasteiger partial charge is 0.331 e. The van der Waals surface area contributed by atoms with Crippen LogP contribution in [0.2, 0.25) is 0 Å². The Balaban J connectivity index is 1.39. The Kier molecular flexibility index (Phi) is 8.06. The van der Waals surface area contributed by atoms with E-state index < -0.39 is 10.6 Å². The van der Waals surface area contributed by atoms with Gasteiger partial charge in [-0.1, -0.05) is 48.9 Å². The molecule has 10 heteroatoms. The van der Waals surface area contributed by atoms with E-state index in [0.717, 1.165) is 5.56 Å². The molecule has 0 atom stereocenters. The van der Waals surface area contributed by atoms with Crippen LogP contribution < -0.4 is 16.6 Å². The lowest BCUT2D eigenvalue weighted by atomic mass is 10.1. The maximum Gasteiger partial charge on any atom is 0.331 e. The molecule has 2 aromatic heterocycles. The maximum atomic E-state index is 13.2. The van der Waals surface area contributed by atoms with Gasteiger partial charge in [0.25, 0.3) is 11.2 Å². The molecule has 0 saturated carbocycles. The van der Waals surface area contributed by atoms with Crippen LogP contribution in [-0.4, -0.2) is 20.0 Å². The highest BCUT2D eigenvalue weighted by atomic mass is 32.1. The third kappa shape index (κ3) is 5.95. The summed E-state index contributed by atoms with van der Waals surface area (Å²) in [6.07, 6.45) is 2.30. The van der Waals surface area contributed by atoms with Crippen molar-refractivity contribution in [1.82, 2.24) is 14.5 Å². The SMILES string of the molecule is O=C(CCCCCn1c(=O)c2sccc2n(Cc2cccc([N+](=O)[O-])c2)c1=O)NCc1ccccc1. The summed E-state index contributed by atoms with van der Waals surface area (Å²) >= 11 is 1.27. The molecule has 4 rings (SSSR count). The Morgan fingerprint density at radius 3 is 2.50 bits per heavy atom. The average molecular weight is 507 g/mol. The highest BCUT2D eigenvalue weighted by molar-refractivity contribution is 7.17. The number of non-ortho nitro benzene ring substituents is 1. The number of nitrogens with zero attached hydrogens (tertiary/aromatic N) is 3. The first kappa shape index (κ1) is 25.1. The lowest BCUT2D eigenvalue weighted by Crippen LogP contribution is -2.39. The van der Waals surface area contributed by atoms with Crippen molar-refractivity contribution in [3.05, 3.63) is 108 Å². The third-order valence-corrected chi connectivity index (χ3v) is 6.81. The summed E-state index contributed by atoms with van der Waals surface area (Å²) in [7, 11) is 0. The van der Waals surface area contributed by atoms with E-state index in [0.29, 0.717) is 48.0 Å². The number of hydrogen-bond acceptors (Lipinski definition) is 6. The van der Waals surface area contributed by atoms with Crippen LogP contribution in [0.5, 0.6) is 0 Å². The minimum Gasteiger partial charge on any atom is -0.352 e. The number of carbonyl (C=O) groups is 1. The molecule has 36 heavy (non-hydrogen) atoms. The molecule has 0 aliphatic carbocycles. The van der Waals surface area contributed by atoms with Gasteiger partial charge in [0, 0.05) is 31.6 Å². The van der Waals surface area contributed by atoms with Gasteiger partial charge in [-0.2, -0.15) is 0 Å².